The molecule has 0 spiro atoms. The summed E-state index contributed by atoms with van der Waals surface area (Å²) in [4.78, 5) is 18.8. The van der Waals surface area contributed by atoms with Crippen LogP contribution in [-0.2, 0) is 32.7 Å². The van der Waals surface area contributed by atoms with Crippen molar-refractivity contribution in [1.82, 2.24) is 18.6 Å². The van der Waals surface area contributed by atoms with Gasteiger partial charge in [-0.2, -0.15) is 17.0 Å². The molecular formula is C10H16N4O4S. The van der Waals surface area contributed by atoms with E-state index in [4.69, 9.17) is 0 Å². The second-order valence-corrected chi connectivity index (χ2v) is 6.50. The summed E-state index contributed by atoms with van der Waals surface area (Å²) in [5, 5.41) is 0. The maximum Gasteiger partial charge on any atom is 0.324 e. The Kier molecular flexibility index (Phi) is 3.61. The molecule has 0 saturated carbocycles. The van der Waals surface area contributed by atoms with E-state index in [1.54, 1.807) is 0 Å². The highest BCUT2D eigenvalue weighted by Gasteiger charge is 2.41. The molecule has 0 saturated heterocycles. The van der Waals surface area contributed by atoms with Gasteiger partial charge in [0.2, 0.25) is 0 Å². The van der Waals surface area contributed by atoms with Crippen molar-refractivity contribution in [1.29, 1.82) is 0 Å². The van der Waals surface area contributed by atoms with Crippen molar-refractivity contribution in [3.05, 3.63) is 17.7 Å². The number of H-pyrrole nitrogens is 1. The van der Waals surface area contributed by atoms with E-state index >= 15 is 0 Å². The van der Waals surface area contributed by atoms with Gasteiger partial charge < -0.3 is 9.72 Å². The molecule has 0 bridgehead atoms. The fraction of sp³-hybridized carbons (Fsp3) is 0.600. The van der Waals surface area contributed by atoms with Gasteiger partial charge in [-0.3, -0.25) is 4.79 Å². The molecule has 106 valence electrons. The first kappa shape index (κ1) is 14.0. The van der Waals surface area contributed by atoms with Gasteiger partial charge in [0.05, 0.1) is 31.4 Å². The average Bonchev–Trinajstić information content (AvgIpc) is 2.83. The van der Waals surface area contributed by atoms with Crippen LogP contribution in [-0.4, -0.2) is 60.2 Å². The third-order valence-corrected chi connectivity index (χ3v) is 4.99. The molecule has 0 aromatic carbocycles. The number of aromatic nitrogens is 2. The number of methoxy groups -OCH3 is 1. The van der Waals surface area contributed by atoms with E-state index in [0.717, 1.165) is 8.61 Å². The van der Waals surface area contributed by atoms with Crippen molar-refractivity contribution in [3.63, 3.8) is 0 Å². The number of fused-ring (bicyclic) bond motifs is 1. The molecule has 8 nitrogen and oxygen atoms in total. The number of carbonyl (C=O) groups excluding carboxylic acids is 1. The van der Waals surface area contributed by atoms with Gasteiger partial charge in [0, 0.05) is 20.5 Å². The maximum atomic E-state index is 12.3. The van der Waals surface area contributed by atoms with E-state index in [1.165, 1.54) is 27.5 Å². The minimum Gasteiger partial charge on any atom is -0.468 e. The second-order valence-electron chi connectivity index (χ2n) is 4.41. The SMILES string of the molecule is COC(=O)C1Cc2nc[nH]c2CN1S(=O)(=O)N(C)C. The van der Waals surface area contributed by atoms with Gasteiger partial charge in [-0.25, -0.2) is 4.98 Å². The number of carbonyl (C=O) groups is 1. The first-order chi connectivity index (χ1) is 8.87. The minimum absolute atomic E-state index is 0.0790. The minimum atomic E-state index is -3.71. The average molecular weight is 288 g/mol. The summed E-state index contributed by atoms with van der Waals surface area (Å²) in [6.45, 7) is 0.0790. The molecule has 0 aliphatic carbocycles. The maximum absolute atomic E-state index is 12.3. The molecule has 1 aliphatic rings. The number of nitrogens with one attached hydrogen (secondary N) is 1. The highest BCUT2D eigenvalue weighted by atomic mass is 32.2. The molecule has 0 amide bonds. The van der Waals surface area contributed by atoms with Crippen molar-refractivity contribution in [2.45, 2.75) is 19.0 Å². The summed E-state index contributed by atoms with van der Waals surface area (Å²) in [5.41, 5.74) is 1.39. The predicted octanol–water partition coefficient (Wildman–Crippen LogP) is -0.884. The zero-order valence-corrected chi connectivity index (χ0v) is 11.8. The predicted molar refractivity (Wildman–Crippen MR) is 66.2 cm³/mol. The van der Waals surface area contributed by atoms with Crippen molar-refractivity contribution in [2.24, 2.45) is 0 Å². The van der Waals surface area contributed by atoms with E-state index in [2.05, 4.69) is 14.7 Å². The standard InChI is InChI=1S/C10H16N4O4S/c1-13(2)19(16,17)14-5-8-7(11-6-12-8)4-9(14)10(15)18-3/h6,9H,4-5H2,1-3H3,(H,11,12). The van der Waals surface area contributed by atoms with Crippen LogP contribution >= 0.6 is 0 Å². The zero-order chi connectivity index (χ0) is 14.2. The second kappa shape index (κ2) is 4.91. The molecule has 2 rings (SSSR count). The Morgan fingerprint density at radius 2 is 2.26 bits per heavy atom. The van der Waals surface area contributed by atoms with Gasteiger partial charge in [0.15, 0.2) is 0 Å². The number of ether oxygens (including phenoxy) is 1. The lowest BCUT2D eigenvalue weighted by Gasteiger charge is -2.33. The van der Waals surface area contributed by atoms with Crippen molar-refractivity contribution in [2.75, 3.05) is 21.2 Å². The molecule has 9 heteroatoms. The van der Waals surface area contributed by atoms with Crippen LogP contribution < -0.4 is 0 Å². The fourth-order valence-corrected chi connectivity index (χ4v) is 3.20. The highest BCUT2D eigenvalue weighted by molar-refractivity contribution is 7.86. The molecule has 2 heterocycles. The summed E-state index contributed by atoms with van der Waals surface area (Å²) in [6.07, 6.45) is 1.70. The van der Waals surface area contributed by atoms with Crippen LogP contribution in [0.1, 0.15) is 11.4 Å². The van der Waals surface area contributed by atoms with Crippen molar-refractivity contribution < 1.29 is 17.9 Å². The number of rotatable bonds is 3. The van der Waals surface area contributed by atoms with E-state index in [-0.39, 0.29) is 13.0 Å². The smallest absolute Gasteiger partial charge is 0.324 e. The Balaban J connectivity index is 2.42. The number of imidazole rings is 1. The lowest BCUT2D eigenvalue weighted by molar-refractivity contribution is -0.145. The van der Waals surface area contributed by atoms with Gasteiger partial charge in [-0.15, -0.1) is 0 Å². The molecule has 1 N–H and O–H groups in total. The van der Waals surface area contributed by atoms with E-state index < -0.39 is 22.2 Å². The molecule has 1 aromatic heterocycles. The number of hydrogen-bond donors (Lipinski definition) is 1. The number of nitrogens with zero attached hydrogens (tertiary/aromatic N) is 3. The summed E-state index contributed by atoms with van der Waals surface area (Å²) in [6, 6.07) is -0.881. The normalized spacial score (nSPS) is 20.3. The third kappa shape index (κ3) is 2.36. The molecule has 1 atom stereocenters. The largest absolute Gasteiger partial charge is 0.468 e. The van der Waals surface area contributed by atoms with Crippen LogP contribution in [0.2, 0.25) is 0 Å². The number of hydrogen-bond acceptors (Lipinski definition) is 5. The molecule has 0 fully saturated rings. The van der Waals surface area contributed by atoms with Gasteiger partial charge in [-0.05, 0) is 0 Å². The van der Waals surface area contributed by atoms with Gasteiger partial charge in [-0.1, -0.05) is 0 Å². The van der Waals surface area contributed by atoms with Crippen molar-refractivity contribution in [3.8, 4) is 0 Å². The van der Waals surface area contributed by atoms with Gasteiger partial charge in [0.1, 0.15) is 6.04 Å². The quantitative estimate of drug-likeness (QED) is 0.728. The Bertz CT molecular complexity index is 580. The summed E-state index contributed by atoms with van der Waals surface area (Å²) >= 11 is 0. The van der Waals surface area contributed by atoms with Crippen LogP contribution in [0.5, 0.6) is 0 Å². The summed E-state index contributed by atoms with van der Waals surface area (Å²) in [5.74, 6) is -0.584. The fourth-order valence-electron chi connectivity index (χ4n) is 2.00. The topological polar surface area (TPSA) is 95.6 Å². The van der Waals surface area contributed by atoms with Crippen LogP contribution in [0.4, 0.5) is 0 Å². The van der Waals surface area contributed by atoms with E-state index in [1.807, 2.05) is 0 Å². The first-order valence-electron chi connectivity index (χ1n) is 5.66. The third-order valence-electron chi connectivity index (χ3n) is 3.09. The number of esters is 1. The van der Waals surface area contributed by atoms with Crippen molar-refractivity contribution >= 4 is 16.2 Å². The Labute approximate surface area is 111 Å². The molecule has 1 aliphatic heterocycles. The highest BCUT2D eigenvalue weighted by Crippen LogP contribution is 2.25. The monoisotopic (exact) mass is 288 g/mol. The Hall–Kier alpha value is -1.45. The lowest BCUT2D eigenvalue weighted by atomic mass is 10.1. The van der Waals surface area contributed by atoms with E-state index in [9.17, 15) is 13.2 Å². The first-order valence-corrected chi connectivity index (χ1v) is 7.06. The summed E-state index contributed by atoms with van der Waals surface area (Å²) < 4.78 is 31.4. The summed E-state index contributed by atoms with van der Waals surface area (Å²) in [7, 11) is 0.378. The van der Waals surface area contributed by atoms with Gasteiger partial charge >= 0.3 is 5.97 Å². The van der Waals surface area contributed by atoms with Crippen LogP contribution in [0.25, 0.3) is 0 Å². The van der Waals surface area contributed by atoms with Crippen LogP contribution in [0.15, 0.2) is 6.33 Å². The Morgan fingerprint density at radius 3 is 2.84 bits per heavy atom. The number of aromatic amines is 1. The zero-order valence-electron chi connectivity index (χ0n) is 11.0. The van der Waals surface area contributed by atoms with E-state index in [0.29, 0.717) is 11.4 Å². The van der Waals surface area contributed by atoms with Crippen LogP contribution in [0, 0.1) is 0 Å². The molecule has 1 aromatic rings. The lowest BCUT2D eigenvalue weighted by Crippen LogP contribution is -2.52. The van der Waals surface area contributed by atoms with Gasteiger partial charge in [0.25, 0.3) is 10.2 Å². The Morgan fingerprint density at radius 1 is 1.58 bits per heavy atom. The molecule has 0 radical (unpaired) electrons. The molecule has 1 unspecified atom stereocenters. The van der Waals surface area contributed by atoms with Crippen LogP contribution in [0.3, 0.4) is 0 Å². The molecule has 19 heavy (non-hydrogen) atoms. The molecular weight excluding hydrogens is 272 g/mol.